The zero-order valence-electron chi connectivity index (χ0n) is 9.98. The fraction of sp³-hybridized carbons (Fsp3) is 0.0769. The molecule has 104 valence electrons. The Bertz CT molecular complexity index is 669. The van der Waals surface area contributed by atoms with Gasteiger partial charge in [0.1, 0.15) is 5.56 Å². The number of carbonyl (C=O) groups is 1. The highest BCUT2D eigenvalue weighted by Gasteiger charge is 2.34. The molecule has 0 aliphatic rings. The van der Waals surface area contributed by atoms with E-state index in [-0.39, 0.29) is 16.9 Å². The average molecular weight is 282 g/mol. The molecule has 2 rings (SSSR count). The molecule has 0 unspecified atom stereocenters. The van der Waals surface area contributed by atoms with Crippen molar-refractivity contribution in [3.05, 3.63) is 47.7 Å². The highest BCUT2D eigenvalue weighted by molar-refractivity contribution is 6.00. The van der Waals surface area contributed by atoms with Gasteiger partial charge < -0.3 is 10.8 Å². The average Bonchev–Trinajstić information content (AvgIpc) is 2.37. The molecule has 3 N–H and O–H groups in total. The second-order valence-electron chi connectivity index (χ2n) is 3.97. The predicted molar refractivity (Wildman–Crippen MR) is 66.0 cm³/mol. The van der Waals surface area contributed by atoms with Crippen LogP contribution >= 0.6 is 0 Å². The zero-order valence-corrected chi connectivity index (χ0v) is 9.98. The van der Waals surface area contributed by atoms with E-state index in [4.69, 9.17) is 10.8 Å². The van der Waals surface area contributed by atoms with Crippen LogP contribution in [0.4, 0.5) is 18.9 Å². The molecular weight excluding hydrogens is 273 g/mol. The van der Waals surface area contributed by atoms with E-state index in [9.17, 15) is 18.0 Å². The molecule has 0 aliphatic heterocycles. The number of aromatic nitrogens is 1. The maximum atomic E-state index is 13.0. The van der Waals surface area contributed by atoms with Gasteiger partial charge in [0.15, 0.2) is 0 Å². The molecule has 0 atom stereocenters. The highest BCUT2D eigenvalue weighted by Crippen LogP contribution is 2.38. The Morgan fingerprint density at radius 3 is 2.45 bits per heavy atom. The van der Waals surface area contributed by atoms with Crippen LogP contribution in [0.1, 0.15) is 15.9 Å². The van der Waals surface area contributed by atoms with E-state index in [1.54, 1.807) is 0 Å². The number of nitrogen functional groups attached to an aromatic ring is 1. The lowest BCUT2D eigenvalue weighted by molar-refractivity contribution is -0.137. The van der Waals surface area contributed by atoms with E-state index in [2.05, 4.69) is 4.98 Å². The van der Waals surface area contributed by atoms with Crippen molar-refractivity contribution < 1.29 is 23.1 Å². The number of nitrogens with zero attached hydrogens (tertiary/aromatic N) is 1. The minimum absolute atomic E-state index is 0.139. The molecule has 1 aromatic carbocycles. The first-order chi connectivity index (χ1) is 9.32. The van der Waals surface area contributed by atoms with Gasteiger partial charge in [-0.05, 0) is 12.1 Å². The molecule has 1 heterocycles. The van der Waals surface area contributed by atoms with Gasteiger partial charge in [-0.1, -0.05) is 18.2 Å². The van der Waals surface area contributed by atoms with Crippen molar-refractivity contribution in [2.24, 2.45) is 0 Å². The zero-order chi connectivity index (χ0) is 14.9. The minimum Gasteiger partial charge on any atom is -0.478 e. The molecule has 7 heteroatoms. The van der Waals surface area contributed by atoms with Crippen molar-refractivity contribution >= 4 is 11.7 Å². The summed E-state index contributed by atoms with van der Waals surface area (Å²) in [5, 5.41) is 9.10. The number of benzene rings is 1. The maximum Gasteiger partial charge on any atom is 0.417 e. The molecule has 20 heavy (non-hydrogen) atoms. The van der Waals surface area contributed by atoms with E-state index in [0.29, 0.717) is 0 Å². The van der Waals surface area contributed by atoms with Gasteiger partial charge in [0.25, 0.3) is 0 Å². The monoisotopic (exact) mass is 282 g/mol. The van der Waals surface area contributed by atoms with Crippen LogP contribution < -0.4 is 5.73 Å². The number of pyridine rings is 1. The fourth-order valence-electron chi connectivity index (χ4n) is 1.84. The van der Waals surface area contributed by atoms with Gasteiger partial charge in [-0.2, -0.15) is 13.2 Å². The molecular formula is C13H9F3N2O2. The van der Waals surface area contributed by atoms with E-state index in [1.165, 1.54) is 24.4 Å². The highest BCUT2D eigenvalue weighted by atomic mass is 19.4. The number of aromatic carboxylic acids is 1. The summed E-state index contributed by atoms with van der Waals surface area (Å²) in [6, 6.07) is 5.85. The topological polar surface area (TPSA) is 76.2 Å². The molecule has 0 radical (unpaired) electrons. The Labute approximate surface area is 111 Å². The third-order valence-corrected chi connectivity index (χ3v) is 2.68. The number of alkyl halides is 3. The molecule has 0 saturated heterocycles. The van der Waals surface area contributed by atoms with Gasteiger partial charge in [-0.15, -0.1) is 0 Å². The van der Waals surface area contributed by atoms with Gasteiger partial charge in [0, 0.05) is 17.4 Å². The third kappa shape index (κ3) is 2.42. The van der Waals surface area contributed by atoms with Gasteiger partial charge in [-0.25, -0.2) is 4.79 Å². The quantitative estimate of drug-likeness (QED) is 0.887. The van der Waals surface area contributed by atoms with Crippen LogP contribution in [0.2, 0.25) is 0 Å². The molecule has 0 saturated carbocycles. The first-order valence-electron chi connectivity index (χ1n) is 5.46. The standard InChI is InChI=1S/C13H9F3N2O2/c14-13(15,16)8-4-2-1-3-7(8)11-10(12(19)20)9(17)5-6-18-11/h1-6H,(H2,17,18)(H,19,20). The van der Waals surface area contributed by atoms with Crippen molar-refractivity contribution in [2.75, 3.05) is 5.73 Å². The summed E-state index contributed by atoms with van der Waals surface area (Å²) in [5.74, 6) is -1.43. The summed E-state index contributed by atoms with van der Waals surface area (Å²) in [6.07, 6.45) is -3.44. The number of anilines is 1. The molecule has 4 nitrogen and oxygen atoms in total. The Hall–Kier alpha value is -2.57. The Morgan fingerprint density at radius 2 is 1.85 bits per heavy atom. The smallest absolute Gasteiger partial charge is 0.417 e. The maximum absolute atomic E-state index is 13.0. The molecule has 2 aromatic rings. The van der Waals surface area contributed by atoms with Crippen LogP contribution in [-0.4, -0.2) is 16.1 Å². The number of carboxylic acids is 1. The van der Waals surface area contributed by atoms with Crippen molar-refractivity contribution in [2.45, 2.75) is 6.18 Å². The Kier molecular flexibility index (Phi) is 3.35. The lowest BCUT2D eigenvalue weighted by Crippen LogP contribution is -2.11. The third-order valence-electron chi connectivity index (χ3n) is 2.68. The largest absolute Gasteiger partial charge is 0.478 e. The molecule has 0 amide bonds. The summed E-state index contributed by atoms with van der Waals surface area (Å²) in [6.45, 7) is 0. The minimum atomic E-state index is -4.61. The van der Waals surface area contributed by atoms with Gasteiger partial charge in [0.2, 0.25) is 0 Å². The second kappa shape index (κ2) is 4.84. The molecule has 0 bridgehead atoms. The molecule has 0 fully saturated rings. The summed E-state index contributed by atoms with van der Waals surface area (Å²) in [5.41, 5.74) is 3.36. The van der Waals surface area contributed by atoms with Crippen LogP contribution in [-0.2, 0) is 6.18 Å². The molecule has 0 aliphatic carbocycles. The number of nitrogens with two attached hydrogens (primary N) is 1. The number of hydrogen-bond acceptors (Lipinski definition) is 3. The SMILES string of the molecule is Nc1ccnc(-c2ccccc2C(F)(F)F)c1C(=O)O. The Morgan fingerprint density at radius 1 is 1.20 bits per heavy atom. The van der Waals surface area contributed by atoms with Crippen LogP contribution in [0.3, 0.4) is 0 Å². The summed E-state index contributed by atoms with van der Waals surface area (Å²) in [4.78, 5) is 14.9. The fourth-order valence-corrected chi connectivity index (χ4v) is 1.84. The summed E-state index contributed by atoms with van der Waals surface area (Å²) < 4.78 is 38.9. The lowest BCUT2D eigenvalue weighted by Gasteiger charge is -2.14. The number of halogens is 3. The van der Waals surface area contributed by atoms with Crippen LogP contribution in [0.15, 0.2) is 36.5 Å². The number of rotatable bonds is 2. The van der Waals surface area contributed by atoms with Crippen LogP contribution in [0, 0.1) is 0 Å². The van der Waals surface area contributed by atoms with Gasteiger partial charge in [-0.3, -0.25) is 4.98 Å². The summed E-state index contributed by atoms with van der Waals surface area (Å²) >= 11 is 0. The van der Waals surface area contributed by atoms with E-state index in [0.717, 1.165) is 12.1 Å². The number of carboxylic acid groups (broad SMARTS) is 1. The normalized spacial score (nSPS) is 11.3. The van der Waals surface area contributed by atoms with Crippen LogP contribution in [0.5, 0.6) is 0 Å². The van der Waals surface area contributed by atoms with E-state index in [1.807, 2.05) is 0 Å². The second-order valence-corrected chi connectivity index (χ2v) is 3.97. The summed E-state index contributed by atoms with van der Waals surface area (Å²) in [7, 11) is 0. The van der Waals surface area contributed by atoms with E-state index < -0.39 is 23.3 Å². The van der Waals surface area contributed by atoms with Crippen molar-refractivity contribution in [3.8, 4) is 11.3 Å². The number of hydrogen-bond donors (Lipinski definition) is 2. The van der Waals surface area contributed by atoms with Crippen molar-refractivity contribution in [1.29, 1.82) is 0 Å². The predicted octanol–water partition coefficient (Wildman–Crippen LogP) is 3.05. The van der Waals surface area contributed by atoms with E-state index >= 15 is 0 Å². The van der Waals surface area contributed by atoms with Gasteiger partial charge >= 0.3 is 12.1 Å². The molecule has 1 aromatic heterocycles. The first-order valence-corrected chi connectivity index (χ1v) is 5.46. The van der Waals surface area contributed by atoms with Crippen LogP contribution in [0.25, 0.3) is 11.3 Å². The van der Waals surface area contributed by atoms with Gasteiger partial charge in [0.05, 0.1) is 11.3 Å². The van der Waals surface area contributed by atoms with Crippen molar-refractivity contribution in [1.82, 2.24) is 4.98 Å². The molecule has 0 spiro atoms. The Balaban J connectivity index is 2.77. The first kappa shape index (κ1) is 13.9. The van der Waals surface area contributed by atoms with Crippen molar-refractivity contribution in [3.63, 3.8) is 0 Å². The lowest BCUT2D eigenvalue weighted by atomic mass is 9.99.